The van der Waals surface area contributed by atoms with Crippen molar-refractivity contribution < 1.29 is 0 Å². The van der Waals surface area contributed by atoms with Crippen LogP contribution >= 0.6 is 23.2 Å². The van der Waals surface area contributed by atoms with Gasteiger partial charge in [0.15, 0.2) is 0 Å². The average Bonchev–Trinajstić information content (AvgIpc) is 2.26. The van der Waals surface area contributed by atoms with E-state index in [9.17, 15) is 0 Å². The largest absolute Gasteiger partial charge is 0.311 e. The predicted molar refractivity (Wildman–Crippen MR) is 88.9 cm³/mol. The second-order valence-corrected chi connectivity index (χ2v) is 8.84. The minimum absolute atomic E-state index is 0.128. The lowest BCUT2D eigenvalue weighted by atomic mass is 9.52. The molecule has 1 aliphatic rings. The molecule has 0 atom stereocenters. The molecule has 0 spiro atoms. The highest BCUT2D eigenvalue weighted by atomic mass is 35.5. The van der Waals surface area contributed by atoms with E-state index in [2.05, 4.69) is 46.0 Å². The standard InChI is InChI=1S/C17H25Cl2N/c1-15(2,3)20-11-17(9-16(4,5)10-17)12-6-7-13(18)14(19)8-12/h6-8,20H,9-11H2,1-5H3. The van der Waals surface area contributed by atoms with E-state index in [1.807, 2.05) is 12.1 Å². The van der Waals surface area contributed by atoms with Gasteiger partial charge in [0, 0.05) is 17.5 Å². The van der Waals surface area contributed by atoms with Crippen LogP contribution in [0, 0.1) is 5.41 Å². The molecule has 0 aromatic heterocycles. The number of hydrogen-bond donors (Lipinski definition) is 1. The van der Waals surface area contributed by atoms with Crippen molar-refractivity contribution >= 4 is 23.2 Å². The average molecular weight is 314 g/mol. The van der Waals surface area contributed by atoms with Gasteiger partial charge in [0.25, 0.3) is 0 Å². The van der Waals surface area contributed by atoms with Gasteiger partial charge in [-0.1, -0.05) is 43.1 Å². The lowest BCUT2D eigenvalue weighted by Crippen LogP contribution is -2.55. The fourth-order valence-corrected chi connectivity index (χ4v) is 3.77. The van der Waals surface area contributed by atoms with E-state index in [1.54, 1.807) is 0 Å². The van der Waals surface area contributed by atoms with E-state index < -0.39 is 0 Å². The molecule has 1 saturated carbocycles. The SMILES string of the molecule is CC1(C)CC(CNC(C)(C)C)(c2ccc(Cl)c(Cl)c2)C1. The van der Waals surface area contributed by atoms with Gasteiger partial charge in [-0.05, 0) is 56.7 Å². The number of halogens is 2. The van der Waals surface area contributed by atoms with Gasteiger partial charge in [-0.2, -0.15) is 0 Å². The molecule has 1 fully saturated rings. The van der Waals surface area contributed by atoms with E-state index in [1.165, 1.54) is 18.4 Å². The van der Waals surface area contributed by atoms with Crippen molar-refractivity contribution in [2.45, 2.75) is 58.4 Å². The molecule has 0 saturated heterocycles. The normalized spacial score (nSPS) is 20.6. The second kappa shape index (κ2) is 5.19. The Hall–Kier alpha value is -0.240. The molecule has 20 heavy (non-hydrogen) atoms. The minimum atomic E-state index is 0.128. The smallest absolute Gasteiger partial charge is 0.0595 e. The zero-order valence-electron chi connectivity index (χ0n) is 13.1. The van der Waals surface area contributed by atoms with Crippen molar-refractivity contribution in [2.24, 2.45) is 5.41 Å². The summed E-state index contributed by atoms with van der Waals surface area (Å²) >= 11 is 12.3. The van der Waals surface area contributed by atoms with Crippen molar-refractivity contribution in [2.75, 3.05) is 6.54 Å². The van der Waals surface area contributed by atoms with E-state index in [0.717, 1.165) is 6.54 Å². The Kier molecular flexibility index (Phi) is 4.19. The number of hydrogen-bond acceptors (Lipinski definition) is 1. The Balaban J connectivity index is 2.26. The van der Waals surface area contributed by atoms with E-state index in [0.29, 0.717) is 15.5 Å². The Bertz CT molecular complexity index is 492. The summed E-state index contributed by atoms with van der Waals surface area (Å²) in [6.07, 6.45) is 2.36. The van der Waals surface area contributed by atoms with Crippen LogP contribution in [0.2, 0.25) is 10.0 Å². The highest BCUT2D eigenvalue weighted by molar-refractivity contribution is 6.42. The van der Waals surface area contributed by atoms with Crippen LogP contribution < -0.4 is 5.32 Å². The summed E-state index contributed by atoms with van der Waals surface area (Å²) < 4.78 is 0. The first-order valence-electron chi connectivity index (χ1n) is 7.24. The Labute approximate surface area is 133 Å². The van der Waals surface area contributed by atoms with E-state index in [-0.39, 0.29) is 11.0 Å². The molecule has 1 aromatic carbocycles. The zero-order chi connectivity index (χ0) is 15.2. The topological polar surface area (TPSA) is 12.0 Å². The molecule has 1 aromatic rings. The molecule has 0 radical (unpaired) electrons. The Morgan fingerprint density at radius 2 is 1.70 bits per heavy atom. The van der Waals surface area contributed by atoms with E-state index >= 15 is 0 Å². The van der Waals surface area contributed by atoms with Gasteiger partial charge in [-0.3, -0.25) is 0 Å². The zero-order valence-corrected chi connectivity index (χ0v) is 14.6. The highest BCUT2D eigenvalue weighted by Gasteiger charge is 2.50. The summed E-state index contributed by atoms with van der Waals surface area (Å²) in [5.41, 5.74) is 2.03. The maximum atomic E-state index is 6.21. The summed E-state index contributed by atoms with van der Waals surface area (Å²) in [4.78, 5) is 0. The molecule has 0 aliphatic heterocycles. The molecule has 2 rings (SSSR count). The summed E-state index contributed by atoms with van der Waals surface area (Å²) in [5, 5.41) is 4.95. The van der Waals surface area contributed by atoms with Crippen LogP contribution in [0.15, 0.2) is 18.2 Å². The van der Waals surface area contributed by atoms with Crippen molar-refractivity contribution in [3.8, 4) is 0 Å². The minimum Gasteiger partial charge on any atom is -0.311 e. The van der Waals surface area contributed by atoms with Gasteiger partial charge in [0.05, 0.1) is 10.0 Å². The first-order valence-corrected chi connectivity index (χ1v) is 7.99. The maximum absolute atomic E-state index is 6.21. The lowest BCUT2D eigenvalue weighted by molar-refractivity contribution is 0.0513. The summed E-state index contributed by atoms with van der Waals surface area (Å²) in [5.74, 6) is 0. The van der Waals surface area contributed by atoms with Gasteiger partial charge >= 0.3 is 0 Å². The van der Waals surface area contributed by atoms with Crippen LogP contribution in [0.4, 0.5) is 0 Å². The van der Waals surface area contributed by atoms with Crippen LogP contribution in [0.3, 0.4) is 0 Å². The lowest BCUT2D eigenvalue weighted by Gasteiger charge is -2.55. The van der Waals surface area contributed by atoms with Crippen LogP contribution in [0.5, 0.6) is 0 Å². The van der Waals surface area contributed by atoms with Gasteiger partial charge < -0.3 is 5.32 Å². The fourth-order valence-electron chi connectivity index (χ4n) is 3.47. The van der Waals surface area contributed by atoms with Gasteiger partial charge in [0.1, 0.15) is 0 Å². The monoisotopic (exact) mass is 313 g/mol. The third-order valence-corrected chi connectivity index (χ3v) is 4.86. The quantitative estimate of drug-likeness (QED) is 0.783. The van der Waals surface area contributed by atoms with Crippen LogP contribution in [0.25, 0.3) is 0 Å². The van der Waals surface area contributed by atoms with Crippen LogP contribution in [-0.4, -0.2) is 12.1 Å². The molecule has 1 N–H and O–H groups in total. The van der Waals surface area contributed by atoms with Crippen LogP contribution in [-0.2, 0) is 5.41 Å². The molecular weight excluding hydrogens is 289 g/mol. The van der Waals surface area contributed by atoms with Gasteiger partial charge in [-0.15, -0.1) is 0 Å². The molecule has 0 bridgehead atoms. The molecular formula is C17H25Cl2N. The number of rotatable bonds is 3. The van der Waals surface area contributed by atoms with Gasteiger partial charge in [-0.25, -0.2) is 0 Å². The Morgan fingerprint density at radius 3 is 2.15 bits per heavy atom. The molecule has 0 amide bonds. The molecule has 1 aliphatic carbocycles. The van der Waals surface area contributed by atoms with Crippen molar-refractivity contribution in [1.82, 2.24) is 5.32 Å². The molecule has 0 heterocycles. The Morgan fingerprint density at radius 1 is 1.10 bits per heavy atom. The number of benzene rings is 1. The third-order valence-electron chi connectivity index (χ3n) is 4.12. The second-order valence-electron chi connectivity index (χ2n) is 8.03. The first kappa shape index (κ1) is 16.1. The maximum Gasteiger partial charge on any atom is 0.0595 e. The van der Waals surface area contributed by atoms with E-state index in [4.69, 9.17) is 23.2 Å². The van der Waals surface area contributed by atoms with Gasteiger partial charge in [0.2, 0.25) is 0 Å². The predicted octanol–water partition coefficient (Wildman–Crippen LogP) is 5.44. The summed E-state index contributed by atoms with van der Waals surface area (Å²) in [6.45, 7) is 12.3. The summed E-state index contributed by atoms with van der Waals surface area (Å²) in [7, 11) is 0. The fraction of sp³-hybridized carbons (Fsp3) is 0.647. The summed E-state index contributed by atoms with van der Waals surface area (Å²) in [6, 6.07) is 6.10. The first-order chi connectivity index (χ1) is 9.03. The molecule has 0 unspecified atom stereocenters. The van der Waals surface area contributed by atoms with Crippen molar-refractivity contribution in [3.05, 3.63) is 33.8 Å². The van der Waals surface area contributed by atoms with Crippen LogP contribution in [0.1, 0.15) is 53.0 Å². The third kappa shape index (κ3) is 3.50. The van der Waals surface area contributed by atoms with Crippen molar-refractivity contribution in [3.63, 3.8) is 0 Å². The number of nitrogens with one attached hydrogen (secondary N) is 1. The van der Waals surface area contributed by atoms with Crippen molar-refractivity contribution in [1.29, 1.82) is 0 Å². The molecule has 1 nitrogen and oxygen atoms in total. The molecule has 112 valence electrons. The highest BCUT2D eigenvalue weighted by Crippen LogP contribution is 2.55. The molecule has 3 heteroatoms.